The molecule has 0 saturated carbocycles. The highest BCUT2D eigenvalue weighted by Crippen LogP contribution is 2.40. The first kappa shape index (κ1) is 27.7. The zero-order chi connectivity index (χ0) is 25.6. The van der Waals surface area contributed by atoms with Crippen molar-refractivity contribution in [2.75, 3.05) is 7.11 Å². The number of hydrogen-bond donors (Lipinski definition) is 1. The second-order valence-corrected chi connectivity index (χ2v) is 15.6. The number of pyridine rings is 1. The molecule has 1 N–H and O–H groups in total. The third-order valence-electron chi connectivity index (χ3n) is 6.52. The average molecular weight is 501 g/mol. The van der Waals surface area contributed by atoms with Crippen molar-refractivity contribution in [1.29, 1.82) is 0 Å². The maximum atomic E-state index is 12.5. The van der Waals surface area contributed by atoms with Gasteiger partial charge in [0.2, 0.25) is 0 Å². The fourth-order valence-corrected chi connectivity index (χ4v) is 10.3. The van der Waals surface area contributed by atoms with Crippen LogP contribution in [-0.2, 0) is 6.54 Å². The van der Waals surface area contributed by atoms with E-state index in [1.807, 2.05) is 19.9 Å². The number of amides is 1. The van der Waals surface area contributed by atoms with Crippen LogP contribution in [0, 0.1) is 25.3 Å². The highest BCUT2D eigenvalue weighted by molar-refractivity contribution is 6.90. The summed E-state index contributed by atoms with van der Waals surface area (Å²) in [5, 5.41) is 3.22. The molecule has 34 heavy (non-hydrogen) atoms. The predicted octanol–water partition coefficient (Wildman–Crippen LogP) is 7.22. The zero-order valence-corrected chi connectivity index (χ0v) is 23.6. The number of rotatable bonds is 7. The van der Waals surface area contributed by atoms with Crippen LogP contribution in [0.1, 0.15) is 63.9 Å². The SMILES string of the molecule is COc1c(C)cnc(CNC(=O)Oc2cc(Cl)cc(C#C[Si](C(C)C)(C(C)C)C(C)C)c2)c1C. The number of hydrogen-bond acceptors (Lipinski definition) is 4. The van der Waals surface area contributed by atoms with Gasteiger partial charge in [-0.3, -0.25) is 4.98 Å². The Bertz CT molecular complexity index is 1070. The molecule has 0 bridgehead atoms. The smallest absolute Gasteiger partial charge is 0.412 e. The predicted molar refractivity (Wildman–Crippen MR) is 143 cm³/mol. The molecule has 7 heteroatoms. The first-order valence-corrected chi connectivity index (χ1v) is 14.3. The van der Waals surface area contributed by atoms with Gasteiger partial charge in [-0.1, -0.05) is 59.1 Å². The minimum atomic E-state index is -1.89. The summed E-state index contributed by atoms with van der Waals surface area (Å²) < 4.78 is 10.9. The summed E-state index contributed by atoms with van der Waals surface area (Å²) in [5.74, 6) is 4.48. The van der Waals surface area contributed by atoms with Crippen LogP contribution in [0.15, 0.2) is 24.4 Å². The van der Waals surface area contributed by atoms with Crippen LogP contribution in [0.5, 0.6) is 11.5 Å². The Morgan fingerprint density at radius 2 is 1.71 bits per heavy atom. The highest BCUT2D eigenvalue weighted by Gasteiger charge is 2.41. The third-order valence-corrected chi connectivity index (χ3v) is 13.0. The van der Waals surface area contributed by atoms with Gasteiger partial charge in [0.15, 0.2) is 0 Å². The van der Waals surface area contributed by atoms with Crippen molar-refractivity contribution in [3.8, 4) is 23.0 Å². The molecule has 0 fully saturated rings. The number of benzene rings is 1. The van der Waals surface area contributed by atoms with Crippen molar-refractivity contribution in [3.63, 3.8) is 0 Å². The number of aryl methyl sites for hydroxylation is 1. The Hall–Kier alpha value is -2.49. The summed E-state index contributed by atoms with van der Waals surface area (Å²) in [7, 11) is -0.265. The molecule has 1 aromatic heterocycles. The molecule has 2 rings (SSSR count). The van der Waals surface area contributed by atoms with Gasteiger partial charge in [0.25, 0.3) is 0 Å². The molecular formula is C27H37ClN2O3Si. The molecule has 1 amide bonds. The van der Waals surface area contributed by atoms with Crippen LogP contribution in [0.25, 0.3) is 0 Å². The molecule has 0 aliphatic rings. The van der Waals surface area contributed by atoms with Gasteiger partial charge >= 0.3 is 6.09 Å². The van der Waals surface area contributed by atoms with E-state index >= 15 is 0 Å². The molecule has 0 atom stereocenters. The Morgan fingerprint density at radius 3 is 2.26 bits per heavy atom. The van der Waals surface area contributed by atoms with Crippen LogP contribution in [0.4, 0.5) is 4.79 Å². The number of methoxy groups -OCH3 is 1. The topological polar surface area (TPSA) is 60.5 Å². The van der Waals surface area contributed by atoms with Crippen molar-refractivity contribution >= 4 is 25.8 Å². The van der Waals surface area contributed by atoms with Gasteiger partial charge in [-0.2, -0.15) is 0 Å². The molecular weight excluding hydrogens is 464 g/mol. The molecule has 184 valence electrons. The largest absolute Gasteiger partial charge is 0.496 e. The van der Waals surface area contributed by atoms with E-state index in [0.29, 0.717) is 27.4 Å². The van der Waals surface area contributed by atoms with Crippen LogP contribution in [0.3, 0.4) is 0 Å². The Balaban J connectivity index is 2.20. The molecule has 0 aliphatic heterocycles. The van der Waals surface area contributed by atoms with Gasteiger partial charge in [0, 0.05) is 27.9 Å². The quantitative estimate of drug-likeness (QED) is 0.322. The number of halogens is 1. The molecule has 0 unspecified atom stereocenters. The first-order valence-electron chi connectivity index (χ1n) is 11.7. The molecule has 0 saturated heterocycles. The zero-order valence-electron chi connectivity index (χ0n) is 21.8. The van der Waals surface area contributed by atoms with Gasteiger partial charge < -0.3 is 14.8 Å². The highest BCUT2D eigenvalue weighted by atomic mass is 35.5. The van der Waals surface area contributed by atoms with E-state index in [2.05, 4.69) is 63.3 Å². The lowest BCUT2D eigenvalue weighted by Gasteiger charge is -2.38. The van der Waals surface area contributed by atoms with Crippen LogP contribution in [0.2, 0.25) is 21.6 Å². The fourth-order valence-electron chi connectivity index (χ4n) is 4.86. The normalized spacial score (nSPS) is 11.4. The number of ether oxygens (including phenoxy) is 2. The van der Waals surface area contributed by atoms with Crippen molar-refractivity contribution in [2.24, 2.45) is 0 Å². The van der Waals surface area contributed by atoms with Crippen LogP contribution in [-0.4, -0.2) is 26.3 Å². The Morgan fingerprint density at radius 1 is 1.09 bits per heavy atom. The van der Waals surface area contributed by atoms with Gasteiger partial charge in [0.05, 0.1) is 19.3 Å². The van der Waals surface area contributed by atoms with Gasteiger partial charge in [-0.15, -0.1) is 5.54 Å². The Kier molecular flexibility index (Phi) is 9.61. The van der Waals surface area contributed by atoms with Crippen molar-refractivity contribution in [1.82, 2.24) is 10.3 Å². The van der Waals surface area contributed by atoms with E-state index in [9.17, 15) is 4.79 Å². The Labute approximate surface area is 210 Å². The molecule has 1 aromatic carbocycles. The minimum absolute atomic E-state index is 0.222. The molecule has 2 aromatic rings. The summed E-state index contributed by atoms with van der Waals surface area (Å²) in [6, 6.07) is 5.19. The van der Waals surface area contributed by atoms with E-state index in [4.69, 9.17) is 21.1 Å². The third kappa shape index (κ3) is 6.34. The molecule has 1 heterocycles. The summed E-state index contributed by atoms with van der Waals surface area (Å²) in [4.78, 5) is 16.9. The molecule has 0 spiro atoms. The fraction of sp³-hybridized carbons (Fsp3) is 0.481. The second-order valence-electron chi connectivity index (χ2n) is 9.61. The molecule has 5 nitrogen and oxygen atoms in total. The van der Waals surface area contributed by atoms with Crippen molar-refractivity contribution in [2.45, 2.75) is 78.6 Å². The summed E-state index contributed by atoms with van der Waals surface area (Å²) in [5.41, 5.74) is 8.55. The number of carbonyl (C=O) groups excluding carboxylic acids is 1. The average Bonchev–Trinajstić information content (AvgIpc) is 2.72. The molecule has 0 aliphatic carbocycles. The van der Waals surface area contributed by atoms with Crippen LogP contribution >= 0.6 is 11.6 Å². The van der Waals surface area contributed by atoms with Gasteiger partial charge in [-0.25, -0.2) is 4.79 Å². The number of aromatic nitrogens is 1. The van der Waals surface area contributed by atoms with E-state index in [-0.39, 0.29) is 6.54 Å². The van der Waals surface area contributed by atoms with Crippen molar-refractivity contribution in [3.05, 3.63) is 51.8 Å². The maximum Gasteiger partial charge on any atom is 0.412 e. The van der Waals surface area contributed by atoms with Crippen molar-refractivity contribution < 1.29 is 14.3 Å². The molecule has 0 radical (unpaired) electrons. The van der Waals surface area contributed by atoms with E-state index in [1.165, 1.54) is 0 Å². The van der Waals surface area contributed by atoms with Gasteiger partial charge in [0.1, 0.15) is 19.6 Å². The number of nitrogens with one attached hydrogen (secondary N) is 1. The lowest BCUT2D eigenvalue weighted by Crippen LogP contribution is -2.43. The van der Waals surface area contributed by atoms with E-state index in [1.54, 1.807) is 25.4 Å². The standard InChI is InChI=1S/C27H37ClN2O3Si/c1-17(2)34(18(3)4,19(5)6)11-10-22-12-23(28)14-24(13-22)33-27(31)30-16-25-21(8)26(32-9)20(7)15-29-25/h12-15,17-19H,16H2,1-9H3,(H,30,31). The van der Waals surface area contributed by atoms with Crippen LogP contribution < -0.4 is 14.8 Å². The number of carbonyl (C=O) groups is 1. The monoisotopic (exact) mass is 500 g/mol. The second kappa shape index (κ2) is 11.8. The summed E-state index contributed by atoms with van der Waals surface area (Å²) >= 11 is 6.32. The van der Waals surface area contributed by atoms with E-state index in [0.717, 1.165) is 28.1 Å². The lowest BCUT2D eigenvalue weighted by molar-refractivity contribution is 0.200. The summed E-state index contributed by atoms with van der Waals surface area (Å²) in [6.07, 6.45) is 1.14. The lowest BCUT2D eigenvalue weighted by atomic mass is 10.1. The maximum absolute atomic E-state index is 12.5. The first-order chi connectivity index (χ1) is 15.9. The van der Waals surface area contributed by atoms with Gasteiger partial charge in [-0.05, 0) is 48.7 Å². The number of nitrogens with zero attached hydrogens (tertiary/aromatic N) is 1. The summed E-state index contributed by atoms with van der Waals surface area (Å²) in [6.45, 7) is 17.7. The van der Waals surface area contributed by atoms with E-state index < -0.39 is 14.2 Å². The minimum Gasteiger partial charge on any atom is -0.496 e.